The molecule has 0 saturated heterocycles. The van der Waals surface area contributed by atoms with Crippen molar-refractivity contribution in [3.8, 4) is 22.5 Å². The first-order chi connectivity index (χ1) is 10.8. The van der Waals surface area contributed by atoms with E-state index in [1.807, 2.05) is 29.0 Å². The Kier molecular flexibility index (Phi) is 3.12. The van der Waals surface area contributed by atoms with Gasteiger partial charge in [0, 0.05) is 16.5 Å². The average Bonchev–Trinajstić information content (AvgIpc) is 3.09. The molecule has 5 heteroatoms. The van der Waals surface area contributed by atoms with E-state index in [9.17, 15) is 4.39 Å². The third-order valence-electron chi connectivity index (χ3n) is 3.42. The van der Waals surface area contributed by atoms with Crippen molar-refractivity contribution in [2.45, 2.75) is 0 Å². The molecule has 0 N–H and O–H groups in total. The van der Waals surface area contributed by atoms with Crippen LogP contribution in [0.4, 0.5) is 4.39 Å². The Labute approximate surface area is 130 Å². The van der Waals surface area contributed by atoms with Crippen LogP contribution in [0.25, 0.3) is 33.5 Å². The van der Waals surface area contributed by atoms with Crippen molar-refractivity contribution in [2.24, 2.45) is 0 Å². The fourth-order valence-electron chi connectivity index (χ4n) is 2.33. The maximum atomic E-state index is 13.1. The van der Waals surface area contributed by atoms with Crippen molar-refractivity contribution < 1.29 is 4.39 Å². The lowest BCUT2D eigenvalue weighted by atomic mass is 10.1. The van der Waals surface area contributed by atoms with Crippen LogP contribution in [0.2, 0.25) is 0 Å². The number of rotatable bonds is 2. The summed E-state index contributed by atoms with van der Waals surface area (Å²) >= 11 is 1.62. The van der Waals surface area contributed by atoms with Crippen LogP contribution in [0.15, 0.2) is 59.6 Å². The van der Waals surface area contributed by atoms with E-state index in [2.05, 4.69) is 15.0 Å². The molecular formula is C17H10FN3S. The van der Waals surface area contributed by atoms with Crippen molar-refractivity contribution >= 4 is 22.4 Å². The van der Waals surface area contributed by atoms with Crippen molar-refractivity contribution in [3.05, 3.63) is 65.4 Å². The third-order valence-corrected chi connectivity index (χ3v) is 4.10. The molecule has 4 rings (SSSR count). The molecule has 4 aromatic rings. The Morgan fingerprint density at radius 2 is 1.73 bits per heavy atom. The van der Waals surface area contributed by atoms with Crippen molar-refractivity contribution in [1.82, 2.24) is 15.0 Å². The van der Waals surface area contributed by atoms with Gasteiger partial charge < -0.3 is 0 Å². The highest BCUT2D eigenvalue weighted by atomic mass is 32.1. The zero-order valence-corrected chi connectivity index (χ0v) is 12.2. The summed E-state index contributed by atoms with van der Waals surface area (Å²) in [7, 11) is 0. The predicted molar refractivity (Wildman–Crippen MR) is 86.0 cm³/mol. The van der Waals surface area contributed by atoms with Crippen LogP contribution in [0.3, 0.4) is 0 Å². The van der Waals surface area contributed by atoms with Gasteiger partial charge in [-0.05, 0) is 47.8 Å². The Morgan fingerprint density at radius 1 is 0.864 bits per heavy atom. The molecule has 0 atom stereocenters. The summed E-state index contributed by atoms with van der Waals surface area (Å²) in [5.74, 6) is -0.258. The van der Waals surface area contributed by atoms with Crippen molar-refractivity contribution in [1.29, 1.82) is 0 Å². The summed E-state index contributed by atoms with van der Waals surface area (Å²) in [5.41, 5.74) is 5.03. The Bertz CT molecular complexity index is 934. The molecule has 0 aliphatic rings. The molecule has 22 heavy (non-hydrogen) atoms. The van der Waals surface area contributed by atoms with Gasteiger partial charge in [-0.3, -0.25) is 0 Å². The molecule has 0 radical (unpaired) electrons. The Hall–Kier alpha value is -2.66. The summed E-state index contributed by atoms with van der Waals surface area (Å²) in [5, 5.41) is 4.04. The SMILES string of the molecule is Fc1ccc(-c2ccc3ncnc(-c4ccsc4)c3n2)cc1. The van der Waals surface area contributed by atoms with Gasteiger partial charge in [-0.25, -0.2) is 19.3 Å². The van der Waals surface area contributed by atoms with E-state index in [0.717, 1.165) is 33.5 Å². The molecule has 3 aromatic heterocycles. The number of benzene rings is 1. The van der Waals surface area contributed by atoms with E-state index in [4.69, 9.17) is 0 Å². The quantitative estimate of drug-likeness (QED) is 0.545. The first-order valence-corrected chi connectivity index (χ1v) is 7.66. The van der Waals surface area contributed by atoms with E-state index in [0.29, 0.717) is 0 Å². The first-order valence-electron chi connectivity index (χ1n) is 6.71. The van der Waals surface area contributed by atoms with E-state index in [-0.39, 0.29) is 5.82 Å². The zero-order chi connectivity index (χ0) is 14.9. The number of thiophene rings is 1. The predicted octanol–water partition coefficient (Wildman–Crippen LogP) is 4.56. The first kappa shape index (κ1) is 13.0. The van der Waals surface area contributed by atoms with E-state index >= 15 is 0 Å². The Balaban J connectivity index is 1.93. The highest BCUT2D eigenvalue weighted by Crippen LogP contribution is 2.28. The molecule has 106 valence electrons. The number of hydrogen-bond acceptors (Lipinski definition) is 4. The highest BCUT2D eigenvalue weighted by molar-refractivity contribution is 7.08. The maximum absolute atomic E-state index is 13.1. The van der Waals surface area contributed by atoms with Gasteiger partial charge >= 0.3 is 0 Å². The van der Waals surface area contributed by atoms with Crippen LogP contribution in [-0.4, -0.2) is 15.0 Å². The van der Waals surface area contributed by atoms with Crippen LogP contribution in [0.5, 0.6) is 0 Å². The number of fused-ring (bicyclic) bond motifs is 1. The summed E-state index contributed by atoms with van der Waals surface area (Å²) in [6, 6.07) is 12.1. The van der Waals surface area contributed by atoms with Crippen LogP contribution in [-0.2, 0) is 0 Å². The second-order valence-electron chi connectivity index (χ2n) is 4.81. The Morgan fingerprint density at radius 3 is 2.50 bits per heavy atom. The minimum atomic E-state index is -0.258. The van der Waals surface area contributed by atoms with E-state index < -0.39 is 0 Å². The molecule has 0 aliphatic heterocycles. The van der Waals surface area contributed by atoms with Crippen molar-refractivity contribution in [3.63, 3.8) is 0 Å². The molecular weight excluding hydrogens is 297 g/mol. The van der Waals surface area contributed by atoms with Crippen molar-refractivity contribution in [2.75, 3.05) is 0 Å². The monoisotopic (exact) mass is 307 g/mol. The van der Waals surface area contributed by atoms with Gasteiger partial charge in [0.15, 0.2) is 0 Å². The molecule has 0 amide bonds. The summed E-state index contributed by atoms with van der Waals surface area (Å²) < 4.78 is 13.1. The lowest BCUT2D eigenvalue weighted by Crippen LogP contribution is -1.93. The van der Waals surface area contributed by atoms with Crippen LogP contribution >= 0.6 is 11.3 Å². The lowest BCUT2D eigenvalue weighted by molar-refractivity contribution is 0.628. The second kappa shape index (κ2) is 5.27. The molecule has 1 aromatic carbocycles. The lowest BCUT2D eigenvalue weighted by Gasteiger charge is -2.06. The van der Waals surface area contributed by atoms with Gasteiger partial charge in [0.05, 0.1) is 11.2 Å². The average molecular weight is 307 g/mol. The molecule has 3 heterocycles. The molecule has 0 bridgehead atoms. The standard InChI is InChI=1S/C17H10FN3S/c18-13-3-1-11(2-4-13)14-5-6-15-17(21-14)16(20-10-19-15)12-7-8-22-9-12/h1-10H. The molecule has 3 nitrogen and oxygen atoms in total. The molecule has 0 aliphatic carbocycles. The molecule has 0 saturated carbocycles. The van der Waals surface area contributed by atoms with Gasteiger partial charge in [-0.2, -0.15) is 11.3 Å². The number of pyridine rings is 1. The molecule has 0 spiro atoms. The normalized spacial score (nSPS) is 11.0. The van der Waals surface area contributed by atoms with E-state index in [1.54, 1.807) is 29.8 Å². The summed E-state index contributed by atoms with van der Waals surface area (Å²) in [6.45, 7) is 0. The smallest absolute Gasteiger partial charge is 0.123 e. The largest absolute Gasteiger partial charge is 0.244 e. The van der Waals surface area contributed by atoms with Gasteiger partial charge in [0.1, 0.15) is 23.4 Å². The number of nitrogens with zero attached hydrogens (tertiary/aromatic N) is 3. The minimum absolute atomic E-state index is 0.258. The van der Waals surface area contributed by atoms with Crippen LogP contribution in [0.1, 0.15) is 0 Å². The molecule has 0 unspecified atom stereocenters. The van der Waals surface area contributed by atoms with E-state index in [1.165, 1.54) is 12.1 Å². The van der Waals surface area contributed by atoms with Crippen LogP contribution in [0, 0.1) is 5.82 Å². The van der Waals surface area contributed by atoms with Gasteiger partial charge in [0.25, 0.3) is 0 Å². The number of aromatic nitrogens is 3. The maximum Gasteiger partial charge on any atom is 0.123 e. The summed E-state index contributed by atoms with van der Waals surface area (Å²) in [6.07, 6.45) is 1.55. The fourth-order valence-corrected chi connectivity index (χ4v) is 2.97. The topological polar surface area (TPSA) is 38.7 Å². The second-order valence-corrected chi connectivity index (χ2v) is 5.59. The third kappa shape index (κ3) is 2.25. The number of halogens is 1. The number of hydrogen-bond donors (Lipinski definition) is 0. The van der Waals surface area contributed by atoms with Gasteiger partial charge in [-0.1, -0.05) is 0 Å². The van der Waals surface area contributed by atoms with Gasteiger partial charge in [-0.15, -0.1) is 0 Å². The zero-order valence-electron chi connectivity index (χ0n) is 11.4. The van der Waals surface area contributed by atoms with Gasteiger partial charge in [0.2, 0.25) is 0 Å². The highest BCUT2D eigenvalue weighted by Gasteiger charge is 2.10. The molecule has 0 fully saturated rings. The minimum Gasteiger partial charge on any atom is -0.244 e. The van der Waals surface area contributed by atoms with Crippen LogP contribution < -0.4 is 0 Å². The fraction of sp³-hybridized carbons (Fsp3) is 0. The summed E-state index contributed by atoms with van der Waals surface area (Å²) in [4.78, 5) is 13.3.